The van der Waals surface area contributed by atoms with Crippen LogP contribution in [-0.2, 0) is 14.4 Å². The van der Waals surface area contributed by atoms with E-state index in [-0.39, 0.29) is 35.4 Å². The van der Waals surface area contributed by atoms with Crippen LogP contribution in [0, 0.1) is 11.3 Å². The van der Waals surface area contributed by atoms with Gasteiger partial charge in [-0.05, 0) is 12.3 Å². The second kappa shape index (κ2) is 4.92. The number of carbonyl (C=O) groups is 3. The van der Waals surface area contributed by atoms with Crippen LogP contribution in [0.1, 0.15) is 40.0 Å². The predicted molar refractivity (Wildman–Crippen MR) is 61.5 cm³/mol. The molecular formula is C13H17O5-. The maximum atomic E-state index is 12.0. The summed E-state index contributed by atoms with van der Waals surface area (Å²) >= 11 is 0. The largest absolute Gasteiger partial charge is 0.550 e. The van der Waals surface area contributed by atoms with Crippen molar-refractivity contribution in [1.82, 2.24) is 0 Å². The number of rotatable bonds is 4. The maximum Gasteiger partial charge on any atom is 0.163 e. The number of Topliss-reactive ketones (excluding diaryl/α,β-unsaturated/α-hetero) is 2. The number of aliphatic hydroxyl groups is 1. The zero-order valence-corrected chi connectivity index (χ0v) is 10.8. The summed E-state index contributed by atoms with van der Waals surface area (Å²) in [6.45, 7) is 4.87. The lowest BCUT2D eigenvalue weighted by Crippen LogP contribution is -2.35. The van der Waals surface area contributed by atoms with E-state index in [4.69, 9.17) is 0 Å². The molecule has 18 heavy (non-hydrogen) atoms. The summed E-state index contributed by atoms with van der Waals surface area (Å²) in [6, 6.07) is 0. The summed E-state index contributed by atoms with van der Waals surface area (Å²) in [4.78, 5) is 34.0. The minimum Gasteiger partial charge on any atom is -0.550 e. The molecule has 5 nitrogen and oxygen atoms in total. The second-order valence-electron chi connectivity index (χ2n) is 5.54. The zero-order valence-electron chi connectivity index (χ0n) is 10.8. The van der Waals surface area contributed by atoms with Gasteiger partial charge in [0.1, 0.15) is 11.5 Å². The van der Waals surface area contributed by atoms with E-state index >= 15 is 0 Å². The number of aliphatic carboxylic acids is 1. The SMILES string of the molecule is CC(=O)[C@H](CC(=O)[O-])C1=C(O)CC(C)(C)CC1=O. The molecule has 0 bridgehead atoms. The number of aliphatic hydroxyl groups excluding tert-OH is 1. The molecule has 0 unspecified atom stereocenters. The molecule has 0 amide bonds. The van der Waals surface area contributed by atoms with Gasteiger partial charge in [-0.25, -0.2) is 0 Å². The standard InChI is InChI=1S/C13H18O5/c1-7(14)8(4-11(17)18)12-9(15)5-13(2,3)6-10(12)16/h8,15H,4-6H2,1-3H3,(H,17,18)/p-1/t8-/m0/s1. The van der Waals surface area contributed by atoms with Crippen molar-refractivity contribution in [3.8, 4) is 0 Å². The number of carboxylic acids is 1. The van der Waals surface area contributed by atoms with Gasteiger partial charge in [0.25, 0.3) is 0 Å². The summed E-state index contributed by atoms with van der Waals surface area (Å²) in [6.07, 6.45) is -0.102. The molecule has 0 spiro atoms. The molecule has 0 fully saturated rings. The third-order valence-corrected chi connectivity index (χ3v) is 3.11. The van der Waals surface area contributed by atoms with Crippen LogP contribution in [0.5, 0.6) is 0 Å². The Labute approximate surface area is 105 Å². The maximum absolute atomic E-state index is 12.0. The average Bonchev–Trinajstić information content (AvgIpc) is 2.11. The second-order valence-corrected chi connectivity index (χ2v) is 5.54. The molecule has 1 atom stereocenters. The molecule has 1 rings (SSSR count). The van der Waals surface area contributed by atoms with Crippen LogP contribution in [0.15, 0.2) is 11.3 Å². The van der Waals surface area contributed by atoms with Crippen LogP contribution < -0.4 is 5.11 Å². The van der Waals surface area contributed by atoms with Crippen molar-refractivity contribution >= 4 is 17.5 Å². The van der Waals surface area contributed by atoms with Crippen molar-refractivity contribution in [3.63, 3.8) is 0 Å². The highest BCUT2D eigenvalue weighted by Crippen LogP contribution is 2.38. The summed E-state index contributed by atoms with van der Waals surface area (Å²) in [7, 11) is 0. The van der Waals surface area contributed by atoms with Crippen molar-refractivity contribution in [2.75, 3.05) is 0 Å². The van der Waals surface area contributed by atoms with E-state index in [0.717, 1.165) is 0 Å². The first-order valence-electron chi connectivity index (χ1n) is 5.79. The van der Waals surface area contributed by atoms with E-state index in [1.54, 1.807) is 0 Å². The van der Waals surface area contributed by atoms with Crippen LogP contribution in [-0.4, -0.2) is 22.6 Å². The van der Waals surface area contributed by atoms with Gasteiger partial charge in [0.15, 0.2) is 5.78 Å². The first-order chi connectivity index (χ1) is 8.14. The molecule has 1 aliphatic carbocycles. The molecule has 100 valence electrons. The minimum atomic E-state index is -1.41. The number of carboxylic acid groups (broad SMARTS) is 1. The zero-order chi connectivity index (χ0) is 14.1. The molecule has 0 saturated heterocycles. The quantitative estimate of drug-likeness (QED) is 0.788. The van der Waals surface area contributed by atoms with Gasteiger partial charge in [0.2, 0.25) is 0 Å². The Hall–Kier alpha value is -1.65. The number of hydrogen-bond acceptors (Lipinski definition) is 5. The van der Waals surface area contributed by atoms with E-state index in [0.29, 0.717) is 0 Å². The first-order valence-corrected chi connectivity index (χ1v) is 5.79. The smallest absolute Gasteiger partial charge is 0.163 e. The Morgan fingerprint density at radius 2 is 1.94 bits per heavy atom. The van der Waals surface area contributed by atoms with Gasteiger partial charge < -0.3 is 15.0 Å². The average molecular weight is 253 g/mol. The Balaban J connectivity index is 3.15. The van der Waals surface area contributed by atoms with Crippen LogP contribution in [0.25, 0.3) is 0 Å². The summed E-state index contributed by atoms with van der Waals surface area (Å²) in [5.74, 6) is -3.48. The predicted octanol–water partition coefficient (Wildman–Crippen LogP) is 0.533. The van der Waals surface area contributed by atoms with E-state index < -0.39 is 24.1 Å². The van der Waals surface area contributed by atoms with E-state index in [1.807, 2.05) is 13.8 Å². The van der Waals surface area contributed by atoms with Gasteiger partial charge in [-0.3, -0.25) is 9.59 Å². The van der Waals surface area contributed by atoms with Gasteiger partial charge in [0, 0.05) is 30.8 Å². The van der Waals surface area contributed by atoms with Crippen LogP contribution >= 0.6 is 0 Å². The normalized spacial score (nSPS) is 20.7. The topological polar surface area (TPSA) is 94.5 Å². The lowest BCUT2D eigenvalue weighted by atomic mass is 9.72. The van der Waals surface area contributed by atoms with Crippen LogP contribution in [0.3, 0.4) is 0 Å². The van der Waals surface area contributed by atoms with Gasteiger partial charge in [-0.2, -0.15) is 0 Å². The molecule has 0 radical (unpaired) electrons. The lowest BCUT2D eigenvalue weighted by molar-refractivity contribution is -0.306. The molecule has 0 aromatic rings. The molecule has 0 aliphatic heterocycles. The molecule has 1 aliphatic rings. The molecule has 5 heteroatoms. The lowest BCUT2D eigenvalue weighted by Gasteiger charge is -2.32. The van der Waals surface area contributed by atoms with Crippen molar-refractivity contribution in [2.24, 2.45) is 11.3 Å². The van der Waals surface area contributed by atoms with Gasteiger partial charge in [-0.15, -0.1) is 0 Å². The highest BCUT2D eigenvalue weighted by atomic mass is 16.4. The van der Waals surface area contributed by atoms with Crippen molar-refractivity contribution < 1.29 is 24.6 Å². The Morgan fingerprint density at radius 1 is 1.39 bits per heavy atom. The van der Waals surface area contributed by atoms with Gasteiger partial charge in [0.05, 0.1) is 5.92 Å². The van der Waals surface area contributed by atoms with Gasteiger partial charge in [-0.1, -0.05) is 13.8 Å². The van der Waals surface area contributed by atoms with E-state index in [9.17, 15) is 24.6 Å². The number of carbonyl (C=O) groups excluding carboxylic acids is 3. The minimum absolute atomic E-state index is 0.0500. The summed E-state index contributed by atoms with van der Waals surface area (Å²) in [5.41, 5.74) is -0.418. The van der Waals surface area contributed by atoms with Crippen LogP contribution in [0.2, 0.25) is 0 Å². The monoisotopic (exact) mass is 253 g/mol. The fourth-order valence-corrected chi connectivity index (χ4v) is 2.31. The Morgan fingerprint density at radius 3 is 2.33 bits per heavy atom. The summed E-state index contributed by atoms with van der Waals surface area (Å²) < 4.78 is 0. The van der Waals surface area contributed by atoms with Crippen molar-refractivity contribution in [3.05, 3.63) is 11.3 Å². The fraction of sp³-hybridized carbons (Fsp3) is 0.615. The van der Waals surface area contributed by atoms with E-state index in [1.165, 1.54) is 6.92 Å². The molecule has 0 aromatic heterocycles. The highest BCUT2D eigenvalue weighted by Gasteiger charge is 2.37. The molecule has 0 aromatic carbocycles. The third kappa shape index (κ3) is 3.18. The van der Waals surface area contributed by atoms with Crippen molar-refractivity contribution in [1.29, 1.82) is 0 Å². The first kappa shape index (κ1) is 14.4. The number of allylic oxidation sites excluding steroid dienone is 2. The number of ketones is 2. The molecular weight excluding hydrogens is 236 g/mol. The molecule has 0 heterocycles. The third-order valence-electron chi connectivity index (χ3n) is 3.11. The molecule has 0 saturated carbocycles. The molecule has 1 N–H and O–H groups in total. The Bertz CT molecular complexity index is 431. The van der Waals surface area contributed by atoms with Crippen LogP contribution in [0.4, 0.5) is 0 Å². The number of hydrogen-bond donors (Lipinski definition) is 1. The van der Waals surface area contributed by atoms with E-state index in [2.05, 4.69) is 0 Å². The highest BCUT2D eigenvalue weighted by molar-refractivity contribution is 6.03. The van der Waals surface area contributed by atoms with Gasteiger partial charge >= 0.3 is 0 Å². The summed E-state index contributed by atoms with van der Waals surface area (Å²) in [5, 5.41) is 20.5. The fourth-order valence-electron chi connectivity index (χ4n) is 2.31. The van der Waals surface area contributed by atoms with Crippen molar-refractivity contribution in [2.45, 2.75) is 40.0 Å². The Kier molecular flexibility index (Phi) is 3.94.